The number of carbonyl (C=O) groups excluding carboxylic acids is 2. The topological polar surface area (TPSA) is 49.7 Å². The third-order valence-corrected chi connectivity index (χ3v) is 6.04. The Morgan fingerprint density at radius 3 is 1.93 bits per heavy atom. The van der Waals surface area contributed by atoms with E-state index >= 15 is 0 Å². The van der Waals surface area contributed by atoms with Crippen molar-refractivity contribution in [3.63, 3.8) is 0 Å². The van der Waals surface area contributed by atoms with Crippen molar-refractivity contribution in [2.75, 3.05) is 0 Å². The summed E-state index contributed by atoms with van der Waals surface area (Å²) < 4.78 is 0. The average Bonchev–Trinajstić information content (AvgIpc) is 3.12. The van der Waals surface area contributed by atoms with E-state index in [4.69, 9.17) is 0 Å². The molecule has 0 saturated heterocycles. The number of hydrazone groups is 1. The van der Waals surface area contributed by atoms with E-state index < -0.39 is 4.87 Å². The molecule has 1 heterocycles. The molecule has 0 spiro atoms. The fourth-order valence-electron chi connectivity index (χ4n) is 3.26. The smallest absolute Gasteiger partial charge is 0.275 e. The van der Waals surface area contributed by atoms with Gasteiger partial charge in [0.2, 0.25) is 0 Å². The zero-order chi connectivity index (χ0) is 20.3. The van der Waals surface area contributed by atoms with Crippen molar-refractivity contribution in [3.8, 4) is 0 Å². The van der Waals surface area contributed by atoms with Crippen LogP contribution in [0.2, 0.25) is 0 Å². The summed E-state index contributed by atoms with van der Waals surface area (Å²) in [6.45, 7) is 1.90. The maximum atomic E-state index is 13.3. The molecule has 4 nitrogen and oxygen atoms in total. The van der Waals surface area contributed by atoms with Gasteiger partial charge in [-0.05, 0) is 19.1 Å². The minimum Gasteiger partial charge on any atom is -0.294 e. The Morgan fingerprint density at radius 1 is 0.828 bits per heavy atom. The Morgan fingerprint density at radius 2 is 1.34 bits per heavy atom. The second-order valence-corrected chi connectivity index (χ2v) is 8.47. The molecule has 5 heteroatoms. The number of hydrogen-bond acceptors (Lipinski definition) is 4. The summed E-state index contributed by atoms with van der Waals surface area (Å²) in [7, 11) is 0. The van der Waals surface area contributed by atoms with Crippen LogP contribution in [0, 0.1) is 0 Å². The first-order chi connectivity index (χ1) is 14.1. The van der Waals surface area contributed by atoms with Crippen molar-refractivity contribution in [2.24, 2.45) is 5.10 Å². The SMILES string of the molecule is C[C@@]1(CC(=O)c2ccccc2)SC(c2ccccc2)=NN1C(=O)c1ccccc1. The minimum atomic E-state index is -0.814. The fraction of sp³-hybridized carbons (Fsp3) is 0.125. The molecule has 0 radical (unpaired) electrons. The van der Waals surface area contributed by atoms with E-state index in [1.165, 1.54) is 16.8 Å². The molecule has 0 bridgehead atoms. The molecule has 0 aliphatic carbocycles. The first-order valence-electron chi connectivity index (χ1n) is 9.38. The lowest BCUT2D eigenvalue weighted by Crippen LogP contribution is -2.42. The van der Waals surface area contributed by atoms with E-state index in [0.717, 1.165) is 10.6 Å². The Labute approximate surface area is 174 Å². The highest BCUT2D eigenvalue weighted by Gasteiger charge is 2.45. The molecule has 1 aliphatic rings. The summed E-state index contributed by atoms with van der Waals surface area (Å²) >= 11 is 1.45. The van der Waals surface area contributed by atoms with Crippen LogP contribution < -0.4 is 0 Å². The van der Waals surface area contributed by atoms with Crippen molar-refractivity contribution < 1.29 is 9.59 Å². The Hall–Kier alpha value is -3.18. The van der Waals surface area contributed by atoms with Gasteiger partial charge >= 0.3 is 0 Å². The van der Waals surface area contributed by atoms with Crippen molar-refractivity contribution >= 4 is 28.5 Å². The van der Waals surface area contributed by atoms with Crippen LogP contribution in [0.15, 0.2) is 96.1 Å². The molecular formula is C24H20N2O2S. The highest BCUT2D eigenvalue weighted by Crippen LogP contribution is 2.43. The third kappa shape index (κ3) is 4.00. The normalized spacial score (nSPS) is 18.4. The number of ketones is 1. The summed E-state index contributed by atoms with van der Waals surface area (Å²) in [5, 5.41) is 6.85. The van der Waals surface area contributed by atoms with Gasteiger partial charge in [-0.1, -0.05) is 90.6 Å². The standard InChI is InChI=1S/C24H20N2O2S/c1-24(17-21(27)18-11-5-2-6-12-18)26(23(28)20-15-9-4-10-16-20)25-22(29-24)19-13-7-3-8-14-19/h2-16H,17H2,1H3/t24-/m0/s1. The summed E-state index contributed by atoms with van der Waals surface area (Å²) in [5.74, 6) is -0.233. The van der Waals surface area contributed by atoms with Crippen LogP contribution in [0.4, 0.5) is 0 Å². The van der Waals surface area contributed by atoms with Gasteiger partial charge in [-0.2, -0.15) is 5.10 Å². The monoisotopic (exact) mass is 400 g/mol. The van der Waals surface area contributed by atoms with E-state index in [0.29, 0.717) is 11.1 Å². The molecule has 1 atom stereocenters. The molecular weight excluding hydrogens is 380 g/mol. The summed E-state index contributed by atoms with van der Waals surface area (Å²) in [4.78, 5) is 25.4. The first kappa shape index (κ1) is 19.2. The van der Waals surface area contributed by atoms with Crippen LogP contribution >= 0.6 is 11.8 Å². The first-order valence-corrected chi connectivity index (χ1v) is 10.2. The van der Waals surface area contributed by atoms with Gasteiger partial charge in [0.25, 0.3) is 5.91 Å². The van der Waals surface area contributed by atoms with Gasteiger partial charge in [0.15, 0.2) is 5.78 Å². The summed E-state index contributed by atoms with van der Waals surface area (Å²) in [5.41, 5.74) is 2.11. The molecule has 0 fully saturated rings. The van der Waals surface area contributed by atoms with Gasteiger partial charge in [-0.3, -0.25) is 9.59 Å². The van der Waals surface area contributed by atoms with Gasteiger partial charge in [-0.25, -0.2) is 5.01 Å². The quantitative estimate of drug-likeness (QED) is 0.551. The number of nitrogens with zero attached hydrogens (tertiary/aromatic N) is 2. The molecule has 0 aromatic heterocycles. The van der Waals surface area contributed by atoms with E-state index in [2.05, 4.69) is 5.10 Å². The van der Waals surface area contributed by atoms with E-state index in [-0.39, 0.29) is 18.1 Å². The Balaban J connectivity index is 1.69. The lowest BCUT2D eigenvalue weighted by atomic mass is 10.0. The second kappa shape index (κ2) is 8.05. The molecule has 4 rings (SSSR count). The Bertz CT molecular complexity index is 1050. The maximum absolute atomic E-state index is 13.3. The predicted molar refractivity (Wildman–Crippen MR) is 117 cm³/mol. The predicted octanol–water partition coefficient (Wildman–Crippen LogP) is 5.23. The molecule has 1 aliphatic heterocycles. The van der Waals surface area contributed by atoms with Gasteiger partial charge in [-0.15, -0.1) is 0 Å². The number of amides is 1. The molecule has 0 saturated carbocycles. The molecule has 29 heavy (non-hydrogen) atoms. The third-order valence-electron chi connectivity index (χ3n) is 4.77. The van der Waals surface area contributed by atoms with Crippen LogP contribution in [-0.4, -0.2) is 26.6 Å². The number of hydrogen-bond donors (Lipinski definition) is 0. The fourth-order valence-corrected chi connectivity index (χ4v) is 4.47. The van der Waals surface area contributed by atoms with Gasteiger partial charge in [0.05, 0.1) is 0 Å². The summed E-state index contributed by atoms with van der Waals surface area (Å²) in [6.07, 6.45) is 0.167. The van der Waals surface area contributed by atoms with Gasteiger partial charge in [0, 0.05) is 23.1 Å². The van der Waals surface area contributed by atoms with Crippen LogP contribution in [-0.2, 0) is 0 Å². The molecule has 3 aromatic carbocycles. The average molecular weight is 401 g/mol. The summed E-state index contributed by atoms with van der Waals surface area (Å²) in [6, 6.07) is 27.9. The second-order valence-electron chi connectivity index (χ2n) is 7.00. The van der Waals surface area contributed by atoms with Crippen LogP contribution in [0.3, 0.4) is 0 Å². The zero-order valence-corrected chi connectivity index (χ0v) is 16.8. The van der Waals surface area contributed by atoms with Crippen molar-refractivity contribution in [1.29, 1.82) is 0 Å². The number of rotatable bonds is 5. The van der Waals surface area contributed by atoms with E-state index in [1.807, 2.05) is 73.7 Å². The maximum Gasteiger partial charge on any atom is 0.275 e. The van der Waals surface area contributed by atoms with Gasteiger partial charge in [0.1, 0.15) is 9.91 Å². The van der Waals surface area contributed by atoms with Crippen molar-refractivity contribution in [2.45, 2.75) is 18.2 Å². The molecule has 0 N–H and O–H groups in total. The van der Waals surface area contributed by atoms with Gasteiger partial charge < -0.3 is 0 Å². The van der Waals surface area contributed by atoms with Crippen LogP contribution in [0.25, 0.3) is 0 Å². The van der Waals surface area contributed by atoms with Crippen molar-refractivity contribution in [3.05, 3.63) is 108 Å². The lowest BCUT2D eigenvalue weighted by Gasteiger charge is -2.31. The number of benzene rings is 3. The van der Waals surface area contributed by atoms with Crippen LogP contribution in [0.1, 0.15) is 39.6 Å². The van der Waals surface area contributed by atoms with E-state index in [9.17, 15) is 9.59 Å². The molecule has 1 amide bonds. The molecule has 3 aromatic rings. The van der Waals surface area contributed by atoms with E-state index in [1.54, 1.807) is 24.3 Å². The largest absolute Gasteiger partial charge is 0.294 e. The zero-order valence-electron chi connectivity index (χ0n) is 16.0. The number of carbonyl (C=O) groups is 2. The van der Waals surface area contributed by atoms with Crippen LogP contribution in [0.5, 0.6) is 0 Å². The molecule has 144 valence electrons. The number of Topliss-reactive ketones (excluding diaryl/α,β-unsaturated/α-hetero) is 1. The molecule has 0 unspecified atom stereocenters. The highest BCUT2D eigenvalue weighted by molar-refractivity contribution is 8.15. The number of thioether (sulfide) groups is 1. The Kier molecular flexibility index (Phi) is 5.32. The lowest BCUT2D eigenvalue weighted by molar-refractivity contribution is 0.0650. The minimum absolute atomic E-state index is 0.0176. The van der Waals surface area contributed by atoms with Crippen molar-refractivity contribution in [1.82, 2.24) is 5.01 Å². The highest BCUT2D eigenvalue weighted by atomic mass is 32.2.